The normalized spacial score (nSPS) is 10.9. The number of rotatable bonds is 5. The minimum atomic E-state index is -0.697. The highest BCUT2D eigenvalue weighted by Gasteiger charge is 2.19. The van der Waals surface area contributed by atoms with Gasteiger partial charge >= 0.3 is 0 Å². The van der Waals surface area contributed by atoms with Crippen LogP contribution >= 0.6 is 0 Å². The Kier molecular flexibility index (Phi) is 5.18. The molecule has 0 aliphatic heterocycles. The van der Waals surface area contributed by atoms with E-state index in [1.165, 1.54) is 37.4 Å². The second-order valence-corrected chi connectivity index (χ2v) is 6.92. The molecule has 4 rings (SSSR count). The van der Waals surface area contributed by atoms with Crippen molar-refractivity contribution in [3.8, 4) is 16.9 Å². The Bertz CT molecular complexity index is 1220. The van der Waals surface area contributed by atoms with Crippen molar-refractivity contribution < 1.29 is 18.3 Å². The number of para-hydroxylation sites is 1. The van der Waals surface area contributed by atoms with E-state index in [2.05, 4.69) is 10.2 Å². The standard InChI is InChI=1S/C23H19F2N3O2/c1-28(13-16-6-3-5-15-12-26-27-22(15)16)23(29)14-9-10-17(20(11-14)30-2)21-18(24)7-4-8-19(21)25/h3-12H,13H2,1-2H3,(H,26,27). The molecular weight excluding hydrogens is 388 g/mol. The number of H-pyrrole nitrogens is 1. The topological polar surface area (TPSA) is 58.2 Å². The number of aromatic amines is 1. The van der Waals surface area contributed by atoms with Gasteiger partial charge in [-0.25, -0.2) is 8.78 Å². The zero-order chi connectivity index (χ0) is 21.3. The first kappa shape index (κ1) is 19.6. The number of aromatic nitrogens is 2. The zero-order valence-corrected chi connectivity index (χ0v) is 16.4. The quantitative estimate of drug-likeness (QED) is 0.518. The molecule has 0 radical (unpaired) electrons. The second kappa shape index (κ2) is 7.94. The third kappa shape index (κ3) is 3.50. The van der Waals surface area contributed by atoms with Gasteiger partial charge in [0.15, 0.2) is 0 Å². The maximum Gasteiger partial charge on any atom is 0.254 e. The summed E-state index contributed by atoms with van der Waals surface area (Å²) in [6.45, 7) is 0.365. The van der Waals surface area contributed by atoms with E-state index < -0.39 is 11.6 Å². The molecule has 0 bridgehead atoms. The van der Waals surface area contributed by atoms with Crippen LogP contribution in [0.25, 0.3) is 22.0 Å². The Balaban J connectivity index is 1.64. The molecule has 5 nitrogen and oxygen atoms in total. The first-order valence-corrected chi connectivity index (χ1v) is 9.28. The molecule has 1 amide bonds. The average molecular weight is 407 g/mol. The van der Waals surface area contributed by atoms with Gasteiger partial charge in [0.05, 0.1) is 24.4 Å². The monoisotopic (exact) mass is 407 g/mol. The molecule has 3 aromatic carbocycles. The van der Waals surface area contributed by atoms with Crippen molar-refractivity contribution in [3.05, 3.63) is 83.6 Å². The number of amides is 1. The molecule has 0 fully saturated rings. The number of benzene rings is 3. The van der Waals surface area contributed by atoms with E-state index in [-0.39, 0.29) is 22.8 Å². The summed E-state index contributed by atoms with van der Waals surface area (Å²) < 4.78 is 33.7. The van der Waals surface area contributed by atoms with Gasteiger partial charge in [0, 0.05) is 30.1 Å². The van der Waals surface area contributed by atoms with Gasteiger partial charge in [-0.3, -0.25) is 9.89 Å². The SMILES string of the molecule is COc1cc(C(=O)N(C)Cc2cccc3cn[nH]c23)ccc1-c1c(F)cccc1F. The van der Waals surface area contributed by atoms with Crippen LogP contribution in [0.2, 0.25) is 0 Å². The molecule has 1 aromatic heterocycles. The lowest BCUT2D eigenvalue weighted by Gasteiger charge is -2.19. The molecule has 0 aliphatic carbocycles. The smallest absolute Gasteiger partial charge is 0.254 e. The molecule has 0 spiro atoms. The Labute approximate surface area is 171 Å². The second-order valence-electron chi connectivity index (χ2n) is 6.92. The number of hydrogen-bond acceptors (Lipinski definition) is 3. The summed E-state index contributed by atoms with van der Waals surface area (Å²) in [6, 6.07) is 14.0. The summed E-state index contributed by atoms with van der Waals surface area (Å²) in [5, 5.41) is 7.95. The Morgan fingerprint density at radius 2 is 1.83 bits per heavy atom. The van der Waals surface area contributed by atoms with Crippen LogP contribution in [-0.2, 0) is 6.54 Å². The highest BCUT2D eigenvalue weighted by molar-refractivity contribution is 5.95. The van der Waals surface area contributed by atoms with Gasteiger partial charge in [0.1, 0.15) is 17.4 Å². The van der Waals surface area contributed by atoms with Crippen LogP contribution in [0.1, 0.15) is 15.9 Å². The molecule has 4 aromatic rings. The van der Waals surface area contributed by atoms with Crippen LogP contribution in [0.3, 0.4) is 0 Å². The Morgan fingerprint density at radius 3 is 2.57 bits per heavy atom. The third-order valence-corrected chi connectivity index (χ3v) is 5.00. The van der Waals surface area contributed by atoms with Crippen LogP contribution in [0.5, 0.6) is 5.75 Å². The van der Waals surface area contributed by atoms with E-state index in [0.29, 0.717) is 12.1 Å². The van der Waals surface area contributed by atoms with Crippen LogP contribution in [0.15, 0.2) is 60.8 Å². The summed E-state index contributed by atoms with van der Waals surface area (Å²) in [5.74, 6) is -1.42. The number of fused-ring (bicyclic) bond motifs is 1. The number of nitrogens with zero attached hydrogens (tertiary/aromatic N) is 2. The van der Waals surface area contributed by atoms with Crippen molar-refractivity contribution >= 4 is 16.8 Å². The minimum absolute atomic E-state index is 0.187. The lowest BCUT2D eigenvalue weighted by molar-refractivity contribution is 0.0785. The number of methoxy groups -OCH3 is 1. The fourth-order valence-corrected chi connectivity index (χ4v) is 3.50. The highest BCUT2D eigenvalue weighted by Crippen LogP contribution is 2.34. The van der Waals surface area contributed by atoms with Gasteiger partial charge in [-0.1, -0.05) is 24.3 Å². The summed E-state index contributed by atoms with van der Waals surface area (Å²) in [6.07, 6.45) is 1.73. The molecule has 0 aliphatic rings. The summed E-state index contributed by atoms with van der Waals surface area (Å²) in [7, 11) is 3.09. The van der Waals surface area contributed by atoms with Crippen molar-refractivity contribution in [3.63, 3.8) is 0 Å². The number of nitrogens with one attached hydrogen (secondary N) is 1. The predicted molar refractivity (Wildman–Crippen MR) is 110 cm³/mol. The zero-order valence-electron chi connectivity index (χ0n) is 16.4. The van der Waals surface area contributed by atoms with E-state index in [1.807, 2.05) is 18.2 Å². The lowest BCUT2D eigenvalue weighted by Crippen LogP contribution is -2.26. The summed E-state index contributed by atoms with van der Waals surface area (Å²) in [4.78, 5) is 14.5. The largest absolute Gasteiger partial charge is 0.496 e. The van der Waals surface area contributed by atoms with E-state index in [1.54, 1.807) is 24.2 Å². The fourth-order valence-electron chi connectivity index (χ4n) is 3.50. The number of halogens is 2. The maximum atomic E-state index is 14.2. The third-order valence-electron chi connectivity index (χ3n) is 5.00. The molecule has 0 saturated carbocycles. The van der Waals surface area contributed by atoms with E-state index in [9.17, 15) is 13.6 Å². The van der Waals surface area contributed by atoms with Crippen LogP contribution in [0.4, 0.5) is 8.78 Å². The maximum absolute atomic E-state index is 14.2. The van der Waals surface area contributed by atoms with Gasteiger partial charge in [-0.2, -0.15) is 5.10 Å². The fraction of sp³-hybridized carbons (Fsp3) is 0.130. The van der Waals surface area contributed by atoms with Crippen LogP contribution in [-0.4, -0.2) is 35.2 Å². The predicted octanol–water partition coefficient (Wildman–Crippen LogP) is 4.79. The molecule has 0 saturated heterocycles. The van der Waals surface area contributed by atoms with Gasteiger partial charge in [-0.05, 0) is 35.9 Å². The van der Waals surface area contributed by atoms with E-state index >= 15 is 0 Å². The number of carbonyl (C=O) groups is 1. The average Bonchev–Trinajstić information content (AvgIpc) is 3.23. The number of carbonyl (C=O) groups excluding carboxylic acids is 1. The van der Waals surface area contributed by atoms with E-state index in [4.69, 9.17) is 4.74 Å². The van der Waals surface area contributed by atoms with Crippen LogP contribution in [0, 0.1) is 11.6 Å². The Morgan fingerprint density at radius 1 is 1.10 bits per heavy atom. The molecule has 1 N–H and O–H groups in total. The van der Waals surface area contributed by atoms with Gasteiger partial charge in [0.25, 0.3) is 5.91 Å². The van der Waals surface area contributed by atoms with E-state index in [0.717, 1.165) is 16.5 Å². The molecule has 0 atom stereocenters. The minimum Gasteiger partial charge on any atom is -0.496 e. The van der Waals surface area contributed by atoms with Gasteiger partial charge in [0.2, 0.25) is 0 Å². The van der Waals surface area contributed by atoms with Crippen molar-refractivity contribution in [2.75, 3.05) is 14.2 Å². The van der Waals surface area contributed by atoms with Crippen molar-refractivity contribution in [2.45, 2.75) is 6.54 Å². The number of ether oxygens (including phenoxy) is 1. The molecule has 1 heterocycles. The summed E-state index contributed by atoms with van der Waals surface area (Å²) in [5.41, 5.74) is 2.21. The highest BCUT2D eigenvalue weighted by atomic mass is 19.1. The lowest BCUT2D eigenvalue weighted by atomic mass is 10.0. The molecular formula is C23H19F2N3O2. The van der Waals surface area contributed by atoms with Crippen molar-refractivity contribution in [2.24, 2.45) is 0 Å². The van der Waals surface area contributed by atoms with Crippen molar-refractivity contribution in [1.82, 2.24) is 15.1 Å². The molecule has 0 unspecified atom stereocenters. The first-order valence-electron chi connectivity index (χ1n) is 9.28. The van der Waals surface area contributed by atoms with Crippen molar-refractivity contribution in [1.29, 1.82) is 0 Å². The first-order chi connectivity index (χ1) is 14.5. The van der Waals surface area contributed by atoms with Crippen LogP contribution < -0.4 is 4.74 Å². The van der Waals surface area contributed by atoms with Gasteiger partial charge < -0.3 is 9.64 Å². The molecule has 152 valence electrons. The molecule has 30 heavy (non-hydrogen) atoms. The molecule has 7 heteroatoms. The summed E-state index contributed by atoms with van der Waals surface area (Å²) >= 11 is 0. The Hall–Kier alpha value is -3.74. The number of hydrogen-bond donors (Lipinski definition) is 1. The van der Waals surface area contributed by atoms with Gasteiger partial charge in [-0.15, -0.1) is 0 Å².